The summed E-state index contributed by atoms with van der Waals surface area (Å²) in [7, 11) is 0. The Morgan fingerprint density at radius 1 is 0.857 bits per heavy atom. The standard InChI is InChI=1S/C23H18N2O3/c26-22-10-4-8-20(25-22)23(27)24-15-16-11-13-18(14-12-16)28-21-9-3-6-17-5-1-2-7-19(17)21/h1-14H,15H2,(H,24,27)(H,25,26). The fraction of sp³-hybridized carbons (Fsp3) is 0.0435. The fourth-order valence-electron chi connectivity index (χ4n) is 2.94. The minimum atomic E-state index is -0.325. The Labute approximate surface area is 161 Å². The van der Waals surface area contributed by atoms with E-state index >= 15 is 0 Å². The Kier molecular flexibility index (Phi) is 4.89. The molecule has 2 N–H and O–H groups in total. The maximum atomic E-state index is 12.1. The number of carbonyl (C=O) groups excluding carboxylic acids is 1. The van der Waals surface area contributed by atoms with Crippen LogP contribution in [0.25, 0.3) is 10.8 Å². The summed E-state index contributed by atoms with van der Waals surface area (Å²) in [5.74, 6) is 1.19. The SMILES string of the molecule is O=C(NCc1ccc(Oc2cccc3ccccc23)cc1)c1cccc(=O)[nH]1. The number of carbonyl (C=O) groups is 1. The van der Waals surface area contributed by atoms with E-state index in [0.717, 1.165) is 27.8 Å². The van der Waals surface area contributed by atoms with Gasteiger partial charge in [0.15, 0.2) is 0 Å². The molecule has 0 unspecified atom stereocenters. The monoisotopic (exact) mass is 370 g/mol. The highest BCUT2D eigenvalue weighted by molar-refractivity contribution is 5.92. The summed E-state index contributed by atoms with van der Waals surface area (Å²) >= 11 is 0. The van der Waals surface area contributed by atoms with Crippen LogP contribution in [0.5, 0.6) is 11.5 Å². The van der Waals surface area contributed by atoms with Gasteiger partial charge >= 0.3 is 0 Å². The lowest BCUT2D eigenvalue weighted by atomic mass is 10.1. The van der Waals surface area contributed by atoms with Crippen molar-refractivity contribution in [1.82, 2.24) is 10.3 Å². The second-order valence-corrected chi connectivity index (χ2v) is 6.33. The molecule has 28 heavy (non-hydrogen) atoms. The van der Waals surface area contributed by atoms with E-state index < -0.39 is 0 Å². The second-order valence-electron chi connectivity index (χ2n) is 6.33. The molecule has 3 aromatic carbocycles. The van der Waals surface area contributed by atoms with Crippen LogP contribution in [-0.2, 0) is 6.54 Å². The highest BCUT2D eigenvalue weighted by atomic mass is 16.5. The Bertz CT molecular complexity index is 1170. The molecule has 0 aliphatic heterocycles. The Morgan fingerprint density at radius 3 is 2.43 bits per heavy atom. The molecule has 5 nitrogen and oxygen atoms in total. The number of benzene rings is 3. The van der Waals surface area contributed by atoms with Gasteiger partial charge in [0.1, 0.15) is 17.2 Å². The van der Waals surface area contributed by atoms with Crippen molar-refractivity contribution in [2.24, 2.45) is 0 Å². The molecule has 5 heteroatoms. The largest absolute Gasteiger partial charge is 0.457 e. The van der Waals surface area contributed by atoms with Crippen LogP contribution >= 0.6 is 0 Å². The third-order valence-electron chi connectivity index (χ3n) is 4.37. The summed E-state index contributed by atoms with van der Waals surface area (Å²) in [4.78, 5) is 25.9. The second kappa shape index (κ2) is 7.80. The Morgan fingerprint density at radius 2 is 1.61 bits per heavy atom. The maximum absolute atomic E-state index is 12.1. The van der Waals surface area contributed by atoms with E-state index in [0.29, 0.717) is 6.54 Å². The number of hydrogen-bond donors (Lipinski definition) is 2. The van der Waals surface area contributed by atoms with Gasteiger partial charge in [-0.1, -0.05) is 54.6 Å². The van der Waals surface area contributed by atoms with Gasteiger partial charge in [0.25, 0.3) is 5.91 Å². The molecule has 0 aliphatic rings. The van der Waals surface area contributed by atoms with Crippen LogP contribution in [0.4, 0.5) is 0 Å². The molecule has 1 aromatic heterocycles. The first-order valence-electron chi connectivity index (χ1n) is 8.91. The third-order valence-corrected chi connectivity index (χ3v) is 4.37. The molecule has 4 rings (SSSR count). The number of hydrogen-bond acceptors (Lipinski definition) is 3. The van der Waals surface area contributed by atoms with Gasteiger partial charge in [0.2, 0.25) is 5.56 Å². The molecule has 0 saturated heterocycles. The molecule has 0 radical (unpaired) electrons. The summed E-state index contributed by atoms with van der Waals surface area (Å²) < 4.78 is 6.03. The van der Waals surface area contributed by atoms with Gasteiger partial charge in [-0.3, -0.25) is 9.59 Å². The van der Waals surface area contributed by atoms with Crippen molar-refractivity contribution in [2.45, 2.75) is 6.54 Å². The van der Waals surface area contributed by atoms with E-state index in [1.165, 1.54) is 6.07 Å². The van der Waals surface area contributed by atoms with Crippen molar-refractivity contribution in [3.05, 3.63) is 107 Å². The van der Waals surface area contributed by atoms with E-state index in [9.17, 15) is 9.59 Å². The fourth-order valence-corrected chi connectivity index (χ4v) is 2.94. The van der Waals surface area contributed by atoms with Crippen molar-refractivity contribution in [3.63, 3.8) is 0 Å². The maximum Gasteiger partial charge on any atom is 0.268 e. The minimum absolute atomic E-state index is 0.239. The molecule has 0 aliphatic carbocycles. The molecular formula is C23H18N2O3. The van der Waals surface area contributed by atoms with Gasteiger partial charge in [-0.2, -0.15) is 0 Å². The number of amides is 1. The molecule has 4 aromatic rings. The van der Waals surface area contributed by atoms with Gasteiger partial charge in [-0.05, 0) is 35.2 Å². The predicted octanol–water partition coefficient (Wildman–Crippen LogP) is 4.25. The number of aromatic amines is 1. The van der Waals surface area contributed by atoms with Crippen LogP contribution in [0.3, 0.4) is 0 Å². The van der Waals surface area contributed by atoms with Gasteiger partial charge < -0.3 is 15.0 Å². The van der Waals surface area contributed by atoms with Gasteiger partial charge in [-0.25, -0.2) is 0 Å². The molecular weight excluding hydrogens is 352 g/mol. The first-order chi connectivity index (χ1) is 13.7. The lowest BCUT2D eigenvalue weighted by molar-refractivity contribution is 0.0945. The van der Waals surface area contributed by atoms with Crippen molar-refractivity contribution in [1.29, 1.82) is 0 Å². The number of nitrogens with one attached hydrogen (secondary N) is 2. The predicted molar refractivity (Wildman–Crippen MR) is 109 cm³/mol. The number of pyridine rings is 1. The summed E-state index contributed by atoms with van der Waals surface area (Å²) in [5.41, 5.74) is 0.864. The summed E-state index contributed by atoms with van der Waals surface area (Å²) in [6.07, 6.45) is 0. The summed E-state index contributed by atoms with van der Waals surface area (Å²) in [5, 5.41) is 4.96. The van der Waals surface area contributed by atoms with Gasteiger partial charge in [0, 0.05) is 18.0 Å². The number of H-pyrrole nitrogens is 1. The minimum Gasteiger partial charge on any atom is -0.457 e. The van der Waals surface area contributed by atoms with Crippen LogP contribution in [-0.4, -0.2) is 10.9 Å². The molecule has 0 bridgehead atoms. The van der Waals surface area contributed by atoms with Crippen LogP contribution in [0.15, 0.2) is 89.7 Å². The van der Waals surface area contributed by atoms with E-state index in [4.69, 9.17) is 4.74 Å². The van der Waals surface area contributed by atoms with Crippen LogP contribution in [0.1, 0.15) is 16.1 Å². The van der Waals surface area contributed by atoms with Crippen molar-refractivity contribution >= 4 is 16.7 Å². The molecule has 0 fully saturated rings. The van der Waals surface area contributed by atoms with E-state index in [1.54, 1.807) is 12.1 Å². The van der Waals surface area contributed by atoms with E-state index in [1.807, 2.05) is 66.7 Å². The van der Waals surface area contributed by atoms with E-state index in [-0.39, 0.29) is 17.2 Å². The van der Waals surface area contributed by atoms with E-state index in [2.05, 4.69) is 10.3 Å². The molecule has 0 saturated carbocycles. The zero-order chi connectivity index (χ0) is 19.3. The third kappa shape index (κ3) is 3.94. The average Bonchev–Trinajstić information content (AvgIpc) is 2.73. The zero-order valence-electron chi connectivity index (χ0n) is 15.0. The first-order valence-corrected chi connectivity index (χ1v) is 8.91. The molecule has 1 heterocycles. The number of ether oxygens (including phenoxy) is 1. The number of aromatic nitrogens is 1. The molecule has 138 valence electrons. The van der Waals surface area contributed by atoms with Crippen LogP contribution in [0, 0.1) is 0 Å². The van der Waals surface area contributed by atoms with Crippen LogP contribution in [0.2, 0.25) is 0 Å². The Balaban J connectivity index is 1.42. The smallest absolute Gasteiger partial charge is 0.268 e. The molecule has 0 atom stereocenters. The van der Waals surface area contributed by atoms with Crippen molar-refractivity contribution < 1.29 is 9.53 Å². The van der Waals surface area contributed by atoms with Gasteiger partial charge in [0.05, 0.1) is 0 Å². The normalized spacial score (nSPS) is 10.6. The lowest BCUT2D eigenvalue weighted by Gasteiger charge is -2.10. The highest BCUT2D eigenvalue weighted by Crippen LogP contribution is 2.29. The first kappa shape index (κ1) is 17.5. The van der Waals surface area contributed by atoms with Crippen LogP contribution < -0.4 is 15.6 Å². The topological polar surface area (TPSA) is 71.2 Å². The zero-order valence-corrected chi connectivity index (χ0v) is 15.0. The highest BCUT2D eigenvalue weighted by Gasteiger charge is 2.06. The molecule has 1 amide bonds. The summed E-state index contributed by atoms with van der Waals surface area (Å²) in [6, 6.07) is 26.0. The van der Waals surface area contributed by atoms with Crippen molar-refractivity contribution in [2.75, 3.05) is 0 Å². The Hall–Kier alpha value is -3.86. The molecule has 0 spiro atoms. The summed E-state index contributed by atoms with van der Waals surface area (Å²) in [6.45, 7) is 0.351. The lowest BCUT2D eigenvalue weighted by Crippen LogP contribution is -2.25. The quantitative estimate of drug-likeness (QED) is 0.552. The number of fused-ring (bicyclic) bond motifs is 1. The number of rotatable bonds is 5. The average molecular weight is 370 g/mol. The van der Waals surface area contributed by atoms with Gasteiger partial charge in [-0.15, -0.1) is 0 Å². The van der Waals surface area contributed by atoms with Crippen molar-refractivity contribution in [3.8, 4) is 11.5 Å².